The highest BCUT2D eigenvalue weighted by Gasteiger charge is 2.20. The van der Waals surface area contributed by atoms with E-state index in [4.69, 9.17) is 5.11 Å². The van der Waals surface area contributed by atoms with Gasteiger partial charge in [0.15, 0.2) is 0 Å². The van der Waals surface area contributed by atoms with E-state index in [0.29, 0.717) is 13.0 Å². The van der Waals surface area contributed by atoms with Crippen molar-refractivity contribution >= 4 is 11.9 Å². The predicted octanol–water partition coefficient (Wildman–Crippen LogP) is 0.603. The van der Waals surface area contributed by atoms with Gasteiger partial charge in [0.1, 0.15) is 0 Å². The fraction of sp³-hybridized carbons (Fsp3) is 0.833. The van der Waals surface area contributed by atoms with Crippen LogP contribution in [0.2, 0.25) is 0 Å². The molecule has 5 heteroatoms. The summed E-state index contributed by atoms with van der Waals surface area (Å²) in [5, 5.41) is 14.7. The van der Waals surface area contributed by atoms with Crippen molar-refractivity contribution in [1.29, 1.82) is 0 Å². The average molecular weight is 242 g/mol. The lowest BCUT2D eigenvalue weighted by atomic mass is 9.98. The Labute approximate surface area is 102 Å². The molecule has 0 bridgehead atoms. The number of carboxylic acids is 1. The summed E-state index contributed by atoms with van der Waals surface area (Å²) < 4.78 is 0. The molecule has 98 valence electrons. The van der Waals surface area contributed by atoms with Crippen LogP contribution in [0.15, 0.2) is 0 Å². The molecular weight excluding hydrogens is 220 g/mol. The molecule has 0 aromatic heterocycles. The Bertz CT molecular complexity index is 262. The highest BCUT2D eigenvalue weighted by atomic mass is 16.4. The number of hydrogen-bond donors (Lipinski definition) is 3. The fourth-order valence-corrected chi connectivity index (χ4v) is 1.97. The minimum atomic E-state index is -0.778. The van der Waals surface area contributed by atoms with Crippen LogP contribution in [-0.2, 0) is 9.59 Å². The van der Waals surface area contributed by atoms with Gasteiger partial charge in [-0.1, -0.05) is 6.92 Å². The van der Waals surface area contributed by atoms with Gasteiger partial charge in [-0.3, -0.25) is 9.59 Å². The lowest BCUT2D eigenvalue weighted by molar-refractivity contribution is -0.137. The number of nitrogens with one attached hydrogen (secondary N) is 2. The summed E-state index contributed by atoms with van der Waals surface area (Å²) in [5.74, 6) is -0.388. The van der Waals surface area contributed by atoms with Crippen LogP contribution >= 0.6 is 0 Å². The van der Waals surface area contributed by atoms with Crippen LogP contribution in [0.1, 0.15) is 32.6 Å². The number of amides is 1. The molecule has 1 rings (SSSR count). The maximum atomic E-state index is 11.8. The van der Waals surface area contributed by atoms with E-state index in [2.05, 4.69) is 10.6 Å². The Hall–Kier alpha value is -1.10. The first kappa shape index (κ1) is 14.0. The Morgan fingerprint density at radius 3 is 2.88 bits per heavy atom. The van der Waals surface area contributed by atoms with Crippen molar-refractivity contribution in [3.05, 3.63) is 0 Å². The Balaban J connectivity index is 2.15. The molecule has 1 amide bonds. The second-order valence-corrected chi connectivity index (χ2v) is 4.83. The molecule has 1 unspecified atom stereocenters. The number of carboxylic acid groups (broad SMARTS) is 1. The van der Waals surface area contributed by atoms with Gasteiger partial charge in [-0.2, -0.15) is 0 Å². The van der Waals surface area contributed by atoms with E-state index in [1.54, 1.807) is 0 Å². The maximum Gasteiger partial charge on any atom is 0.303 e. The third-order valence-corrected chi connectivity index (χ3v) is 3.14. The van der Waals surface area contributed by atoms with Crippen molar-refractivity contribution in [2.24, 2.45) is 11.8 Å². The highest BCUT2D eigenvalue weighted by molar-refractivity contribution is 5.78. The summed E-state index contributed by atoms with van der Waals surface area (Å²) >= 11 is 0. The van der Waals surface area contributed by atoms with Gasteiger partial charge >= 0.3 is 5.97 Å². The van der Waals surface area contributed by atoms with Gasteiger partial charge in [0, 0.05) is 19.5 Å². The molecule has 1 heterocycles. The van der Waals surface area contributed by atoms with Gasteiger partial charge in [-0.05, 0) is 31.7 Å². The zero-order chi connectivity index (χ0) is 12.7. The number of piperidine rings is 1. The van der Waals surface area contributed by atoms with Crippen LogP contribution in [0.25, 0.3) is 0 Å². The van der Waals surface area contributed by atoms with Crippen LogP contribution < -0.4 is 10.6 Å². The molecule has 0 saturated carbocycles. The topological polar surface area (TPSA) is 78.4 Å². The molecule has 0 radical (unpaired) electrons. The van der Waals surface area contributed by atoms with Gasteiger partial charge in [-0.15, -0.1) is 0 Å². The van der Waals surface area contributed by atoms with E-state index >= 15 is 0 Å². The summed E-state index contributed by atoms with van der Waals surface area (Å²) in [5.41, 5.74) is 0. The SMILES string of the molecule is CC(CCC(=O)O)CNC(=O)[C@H]1CCCNC1. The smallest absolute Gasteiger partial charge is 0.303 e. The third kappa shape index (κ3) is 5.68. The number of hydrogen-bond acceptors (Lipinski definition) is 3. The second kappa shape index (κ2) is 7.27. The minimum Gasteiger partial charge on any atom is -0.481 e. The van der Waals surface area contributed by atoms with Gasteiger partial charge in [-0.25, -0.2) is 0 Å². The third-order valence-electron chi connectivity index (χ3n) is 3.14. The first-order valence-electron chi connectivity index (χ1n) is 6.30. The number of aliphatic carboxylic acids is 1. The first-order valence-corrected chi connectivity index (χ1v) is 6.30. The van der Waals surface area contributed by atoms with Crippen LogP contribution in [0.3, 0.4) is 0 Å². The molecule has 0 spiro atoms. The second-order valence-electron chi connectivity index (χ2n) is 4.83. The van der Waals surface area contributed by atoms with Crippen molar-refractivity contribution in [3.8, 4) is 0 Å². The Morgan fingerprint density at radius 1 is 1.53 bits per heavy atom. The van der Waals surface area contributed by atoms with Gasteiger partial charge in [0.05, 0.1) is 5.92 Å². The van der Waals surface area contributed by atoms with E-state index in [1.807, 2.05) is 6.92 Å². The molecule has 17 heavy (non-hydrogen) atoms. The van der Waals surface area contributed by atoms with E-state index < -0.39 is 5.97 Å². The van der Waals surface area contributed by atoms with Crippen molar-refractivity contribution < 1.29 is 14.7 Å². The number of rotatable bonds is 6. The largest absolute Gasteiger partial charge is 0.481 e. The molecule has 0 aromatic carbocycles. The van der Waals surface area contributed by atoms with Crippen molar-refractivity contribution in [2.75, 3.05) is 19.6 Å². The summed E-state index contributed by atoms with van der Waals surface area (Å²) in [6.45, 7) is 4.29. The Kier molecular flexibility index (Phi) is 5.97. The van der Waals surface area contributed by atoms with Crippen molar-refractivity contribution in [2.45, 2.75) is 32.6 Å². The summed E-state index contributed by atoms with van der Waals surface area (Å²) in [6, 6.07) is 0. The summed E-state index contributed by atoms with van der Waals surface area (Å²) in [7, 11) is 0. The Morgan fingerprint density at radius 2 is 2.29 bits per heavy atom. The monoisotopic (exact) mass is 242 g/mol. The normalized spacial score (nSPS) is 21.8. The molecule has 0 aliphatic carbocycles. The van der Waals surface area contributed by atoms with E-state index in [0.717, 1.165) is 25.9 Å². The molecule has 2 atom stereocenters. The van der Waals surface area contributed by atoms with Gasteiger partial charge in [0.25, 0.3) is 0 Å². The highest BCUT2D eigenvalue weighted by Crippen LogP contribution is 2.10. The van der Waals surface area contributed by atoms with Crippen LogP contribution in [-0.4, -0.2) is 36.6 Å². The molecule has 1 saturated heterocycles. The minimum absolute atomic E-state index is 0.0791. The molecular formula is C12H22N2O3. The molecule has 1 aliphatic rings. The molecule has 1 aliphatic heterocycles. The quantitative estimate of drug-likeness (QED) is 0.637. The molecule has 5 nitrogen and oxygen atoms in total. The average Bonchev–Trinajstić information content (AvgIpc) is 2.34. The maximum absolute atomic E-state index is 11.8. The van der Waals surface area contributed by atoms with Crippen molar-refractivity contribution in [3.63, 3.8) is 0 Å². The number of carbonyl (C=O) groups is 2. The molecule has 1 fully saturated rings. The summed E-state index contributed by atoms with van der Waals surface area (Å²) in [4.78, 5) is 22.2. The van der Waals surface area contributed by atoms with Gasteiger partial charge < -0.3 is 15.7 Å². The predicted molar refractivity (Wildman–Crippen MR) is 64.6 cm³/mol. The lowest BCUT2D eigenvalue weighted by Gasteiger charge is -2.22. The lowest BCUT2D eigenvalue weighted by Crippen LogP contribution is -2.41. The fourth-order valence-electron chi connectivity index (χ4n) is 1.97. The zero-order valence-corrected chi connectivity index (χ0v) is 10.4. The van der Waals surface area contributed by atoms with Crippen LogP contribution in [0.5, 0.6) is 0 Å². The van der Waals surface area contributed by atoms with E-state index in [-0.39, 0.29) is 24.2 Å². The summed E-state index contributed by atoms with van der Waals surface area (Å²) in [6.07, 6.45) is 2.77. The first-order chi connectivity index (χ1) is 8.09. The van der Waals surface area contributed by atoms with Crippen LogP contribution in [0, 0.1) is 11.8 Å². The van der Waals surface area contributed by atoms with Crippen molar-refractivity contribution in [1.82, 2.24) is 10.6 Å². The molecule has 3 N–H and O–H groups in total. The van der Waals surface area contributed by atoms with E-state index in [1.165, 1.54) is 0 Å². The number of carbonyl (C=O) groups excluding carboxylic acids is 1. The van der Waals surface area contributed by atoms with Gasteiger partial charge in [0.2, 0.25) is 5.91 Å². The van der Waals surface area contributed by atoms with E-state index in [9.17, 15) is 9.59 Å². The van der Waals surface area contributed by atoms with Crippen LogP contribution in [0.4, 0.5) is 0 Å². The standard InChI is InChI=1S/C12H22N2O3/c1-9(4-5-11(15)16)7-14-12(17)10-3-2-6-13-8-10/h9-10,13H,2-8H2,1H3,(H,14,17)(H,15,16)/t9?,10-/m0/s1. The zero-order valence-electron chi connectivity index (χ0n) is 10.4. The molecule has 0 aromatic rings.